The number of carboxylic acids is 1. The van der Waals surface area contributed by atoms with Crippen LogP contribution in [0.1, 0.15) is 15.9 Å². The highest BCUT2D eigenvalue weighted by molar-refractivity contribution is 5.88. The van der Waals surface area contributed by atoms with Crippen molar-refractivity contribution in [3.8, 4) is 5.75 Å². The highest BCUT2D eigenvalue weighted by Gasteiger charge is 2.07. The summed E-state index contributed by atoms with van der Waals surface area (Å²) in [4.78, 5) is 14.0. The first-order chi connectivity index (χ1) is 10.2. The zero-order chi connectivity index (χ0) is 14.7. The van der Waals surface area contributed by atoms with Crippen molar-refractivity contribution in [1.29, 1.82) is 0 Å². The van der Waals surface area contributed by atoms with Crippen LogP contribution in [0.2, 0.25) is 0 Å². The van der Waals surface area contributed by atoms with Gasteiger partial charge >= 0.3 is 5.97 Å². The molecule has 0 radical (unpaired) electrons. The van der Waals surface area contributed by atoms with Crippen LogP contribution in [0.3, 0.4) is 0 Å². The first-order valence-electron chi connectivity index (χ1n) is 6.58. The number of nitrogens with one attached hydrogen (secondary N) is 1. The van der Waals surface area contributed by atoms with Crippen molar-refractivity contribution in [2.75, 3.05) is 0 Å². The Morgan fingerprint density at radius 2 is 1.95 bits per heavy atom. The molecular formula is C17H14NO3+. The van der Waals surface area contributed by atoms with Gasteiger partial charge in [-0.25, -0.2) is 9.78 Å². The van der Waals surface area contributed by atoms with Crippen LogP contribution in [0.15, 0.2) is 60.9 Å². The van der Waals surface area contributed by atoms with Crippen molar-refractivity contribution < 1.29 is 19.6 Å². The Morgan fingerprint density at radius 1 is 1.10 bits per heavy atom. The smallest absolute Gasteiger partial charge is 0.335 e. The minimum atomic E-state index is -0.959. The Labute approximate surface area is 121 Å². The first kappa shape index (κ1) is 13.1. The van der Waals surface area contributed by atoms with Gasteiger partial charge in [0.2, 0.25) is 0 Å². The van der Waals surface area contributed by atoms with Crippen molar-refractivity contribution in [3.05, 3.63) is 72.1 Å². The molecule has 1 heterocycles. The van der Waals surface area contributed by atoms with E-state index in [1.807, 2.05) is 36.7 Å². The number of hydrogen-bond acceptors (Lipinski definition) is 2. The van der Waals surface area contributed by atoms with Crippen LogP contribution in [0.4, 0.5) is 0 Å². The third-order valence-corrected chi connectivity index (χ3v) is 3.28. The lowest BCUT2D eigenvalue weighted by molar-refractivity contribution is -0.376. The second-order valence-electron chi connectivity index (χ2n) is 4.69. The van der Waals surface area contributed by atoms with E-state index in [1.165, 1.54) is 6.07 Å². The summed E-state index contributed by atoms with van der Waals surface area (Å²) in [6.07, 6.45) is 3.83. The van der Waals surface area contributed by atoms with Crippen molar-refractivity contribution >= 4 is 16.7 Å². The molecule has 0 bridgehead atoms. The molecule has 0 aliphatic carbocycles. The third kappa shape index (κ3) is 2.84. The van der Waals surface area contributed by atoms with Crippen LogP contribution in [0.5, 0.6) is 5.75 Å². The Morgan fingerprint density at radius 3 is 2.81 bits per heavy atom. The van der Waals surface area contributed by atoms with Crippen LogP contribution < -0.4 is 9.72 Å². The molecule has 0 saturated carbocycles. The SMILES string of the molecule is O=C(O)c1cccc(OCc2c[nH+]cc3ccccc23)c1. The Kier molecular flexibility index (Phi) is 3.51. The maximum atomic E-state index is 10.9. The average Bonchev–Trinajstić information content (AvgIpc) is 2.53. The van der Waals surface area contributed by atoms with Crippen molar-refractivity contribution in [1.82, 2.24) is 0 Å². The maximum Gasteiger partial charge on any atom is 0.335 e. The van der Waals surface area contributed by atoms with Gasteiger partial charge in [0.25, 0.3) is 0 Å². The molecule has 104 valence electrons. The molecule has 2 aromatic carbocycles. The largest absolute Gasteiger partial charge is 0.489 e. The number of ether oxygens (including phenoxy) is 1. The second kappa shape index (κ2) is 5.63. The lowest BCUT2D eigenvalue weighted by atomic mass is 10.1. The summed E-state index contributed by atoms with van der Waals surface area (Å²) in [5.41, 5.74) is 1.24. The standard InChI is InChI=1S/C17H13NO3/c19-17(20)12-5-3-6-15(8-12)21-11-14-10-18-9-13-4-1-2-7-16(13)14/h1-10H,11H2,(H,19,20)/p+1. The van der Waals surface area contributed by atoms with Gasteiger partial charge in [-0.15, -0.1) is 0 Å². The van der Waals surface area contributed by atoms with Crippen LogP contribution in [-0.2, 0) is 6.61 Å². The molecule has 3 rings (SSSR count). The van der Waals surface area contributed by atoms with Crippen LogP contribution >= 0.6 is 0 Å². The van der Waals surface area contributed by atoms with Gasteiger partial charge in [-0.2, -0.15) is 0 Å². The molecule has 0 amide bonds. The zero-order valence-corrected chi connectivity index (χ0v) is 11.2. The summed E-state index contributed by atoms with van der Waals surface area (Å²) < 4.78 is 5.71. The number of aromatic nitrogens is 1. The fraction of sp³-hybridized carbons (Fsp3) is 0.0588. The van der Waals surface area contributed by atoms with E-state index in [4.69, 9.17) is 9.84 Å². The second-order valence-corrected chi connectivity index (χ2v) is 4.69. The fourth-order valence-corrected chi connectivity index (χ4v) is 2.22. The quantitative estimate of drug-likeness (QED) is 0.799. The van der Waals surface area contributed by atoms with E-state index in [0.717, 1.165) is 16.3 Å². The van der Waals surface area contributed by atoms with Crippen LogP contribution in [0.25, 0.3) is 10.8 Å². The Bertz CT molecular complexity index is 793. The monoisotopic (exact) mass is 280 g/mol. The summed E-state index contributed by atoms with van der Waals surface area (Å²) in [6, 6.07) is 14.5. The van der Waals surface area contributed by atoms with E-state index in [2.05, 4.69) is 4.98 Å². The summed E-state index contributed by atoms with van der Waals surface area (Å²) in [6.45, 7) is 0.376. The first-order valence-corrected chi connectivity index (χ1v) is 6.58. The number of fused-ring (bicyclic) bond motifs is 1. The normalized spacial score (nSPS) is 10.5. The van der Waals surface area contributed by atoms with Gasteiger partial charge in [0, 0.05) is 10.8 Å². The topological polar surface area (TPSA) is 60.7 Å². The van der Waals surface area contributed by atoms with E-state index in [1.54, 1.807) is 18.2 Å². The number of benzene rings is 2. The molecule has 0 spiro atoms. The Hall–Kier alpha value is -2.88. The van der Waals surface area contributed by atoms with Gasteiger partial charge in [-0.05, 0) is 24.3 Å². The molecule has 21 heavy (non-hydrogen) atoms. The average molecular weight is 280 g/mol. The number of carboxylic acid groups (broad SMARTS) is 1. The molecule has 0 unspecified atom stereocenters. The molecule has 0 saturated heterocycles. The number of carbonyl (C=O) groups is 1. The van der Waals surface area contributed by atoms with E-state index in [-0.39, 0.29) is 5.56 Å². The minimum Gasteiger partial charge on any atom is -0.489 e. The molecule has 1 aromatic heterocycles. The number of pyridine rings is 1. The molecule has 0 atom stereocenters. The lowest BCUT2D eigenvalue weighted by Gasteiger charge is -2.07. The zero-order valence-electron chi connectivity index (χ0n) is 11.2. The van der Waals surface area contributed by atoms with E-state index in [0.29, 0.717) is 12.4 Å². The van der Waals surface area contributed by atoms with Gasteiger partial charge in [0.15, 0.2) is 12.4 Å². The fourth-order valence-electron chi connectivity index (χ4n) is 2.22. The van der Waals surface area contributed by atoms with Gasteiger partial charge in [0.05, 0.1) is 11.1 Å². The summed E-state index contributed by atoms with van der Waals surface area (Å²) >= 11 is 0. The molecule has 0 fully saturated rings. The number of aromatic carboxylic acids is 1. The highest BCUT2D eigenvalue weighted by Crippen LogP contribution is 2.19. The number of aromatic amines is 1. The number of H-pyrrole nitrogens is 1. The predicted octanol–water partition coefficient (Wildman–Crippen LogP) is 2.93. The minimum absolute atomic E-state index is 0.219. The van der Waals surface area contributed by atoms with Crippen molar-refractivity contribution in [2.24, 2.45) is 0 Å². The number of rotatable bonds is 4. The summed E-state index contributed by atoms with van der Waals surface area (Å²) in [5.74, 6) is -0.415. The number of hydrogen-bond donors (Lipinski definition) is 1. The van der Waals surface area contributed by atoms with Gasteiger partial charge in [-0.3, -0.25) is 0 Å². The van der Waals surface area contributed by atoms with E-state index >= 15 is 0 Å². The predicted molar refractivity (Wildman–Crippen MR) is 78.2 cm³/mol. The third-order valence-electron chi connectivity index (χ3n) is 3.28. The molecule has 3 aromatic rings. The maximum absolute atomic E-state index is 10.9. The molecule has 4 nitrogen and oxygen atoms in total. The lowest BCUT2D eigenvalue weighted by Crippen LogP contribution is -2.06. The molecule has 2 N–H and O–H groups in total. The Balaban J connectivity index is 1.84. The molecule has 4 heteroatoms. The van der Waals surface area contributed by atoms with Gasteiger partial charge in [-0.1, -0.05) is 24.3 Å². The van der Waals surface area contributed by atoms with Crippen molar-refractivity contribution in [2.45, 2.75) is 6.61 Å². The van der Waals surface area contributed by atoms with Gasteiger partial charge < -0.3 is 9.84 Å². The van der Waals surface area contributed by atoms with Crippen LogP contribution in [-0.4, -0.2) is 11.1 Å². The highest BCUT2D eigenvalue weighted by atomic mass is 16.5. The van der Waals surface area contributed by atoms with Gasteiger partial charge in [0.1, 0.15) is 12.4 Å². The van der Waals surface area contributed by atoms with Crippen molar-refractivity contribution in [3.63, 3.8) is 0 Å². The van der Waals surface area contributed by atoms with E-state index < -0.39 is 5.97 Å². The van der Waals surface area contributed by atoms with E-state index in [9.17, 15) is 4.79 Å². The molecular weight excluding hydrogens is 266 g/mol. The molecule has 0 aliphatic rings. The summed E-state index contributed by atoms with van der Waals surface area (Å²) in [5, 5.41) is 11.2. The summed E-state index contributed by atoms with van der Waals surface area (Å²) in [7, 11) is 0. The van der Waals surface area contributed by atoms with Crippen LogP contribution in [0, 0.1) is 0 Å². The molecule has 0 aliphatic heterocycles.